The maximum Gasteiger partial charge on any atom is 0.335 e. The summed E-state index contributed by atoms with van der Waals surface area (Å²) in [5, 5.41) is 39.8. The monoisotopic (exact) mass is 450 g/mol. The molecule has 178 valence electrons. The smallest absolute Gasteiger partial charge is 0.335 e. The number of carboxylic acid groups (broad SMARTS) is 1. The van der Waals surface area contributed by atoms with Crippen molar-refractivity contribution in [3.8, 4) is 0 Å². The van der Waals surface area contributed by atoms with Gasteiger partial charge in [-0.1, -0.05) is 12.5 Å². The number of hydrogen-bond acceptors (Lipinski definition) is 7. The zero-order chi connectivity index (χ0) is 22.8. The van der Waals surface area contributed by atoms with Crippen molar-refractivity contribution in [2.75, 3.05) is 0 Å². The molecule has 0 unspecified atom stereocenters. The number of ether oxygens (including phenoxy) is 2. The largest absolute Gasteiger partial charge is 0.479 e. The molecule has 11 atom stereocenters. The van der Waals surface area contributed by atoms with E-state index in [1.54, 1.807) is 0 Å². The summed E-state index contributed by atoms with van der Waals surface area (Å²) < 4.78 is 11.6. The topological polar surface area (TPSA) is 134 Å². The van der Waals surface area contributed by atoms with Crippen molar-refractivity contribution < 1.29 is 39.5 Å². The molecule has 4 aliphatic carbocycles. The van der Waals surface area contributed by atoms with Gasteiger partial charge in [0.25, 0.3) is 0 Å². The van der Waals surface area contributed by atoms with Gasteiger partial charge in [-0.3, -0.25) is 4.79 Å². The van der Waals surface area contributed by atoms with E-state index in [1.807, 2.05) is 6.08 Å². The number of ketones is 1. The number of aliphatic hydroxyl groups is 3. The highest BCUT2D eigenvalue weighted by Crippen LogP contribution is 2.62. The molecule has 0 radical (unpaired) electrons. The van der Waals surface area contributed by atoms with Crippen LogP contribution in [-0.2, 0) is 19.1 Å². The molecule has 0 amide bonds. The molecule has 5 rings (SSSR count). The number of aliphatic hydroxyl groups excluding tert-OH is 3. The van der Waals surface area contributed by atoms with Crippen LogP contribution in [0, 0.1) is 29.1 Å². The van der Waals surface area contributed by atoms with Crippen LogP contribution in [0.4, 0.5) is 0 Å². The molecule has 8 nitrogen and oxygen atoms in total. The molecule has 0 bridgehead atoms. The van der Waals surface area contributed by atoms with Gasteiger partial charge in [-0.25, -0.2) is 4.79 Å². The molecule has 0 aromatic rings. The summed E-state index contributed by atoms with van der Waals surface area (Å²) in [6, 6.07) is 0. The summed E-state index contributed by atoms with van der Waals surface area (Å²) >= 11 is 0. The van der Waals surface area contributed by atoms with Crippen LogP contribution in [0.1, 0.15) is 58.3 Å². The number of carboxylic acids is 1. The lowest BCUT2D eigenvalue weighted by atomic mass is 9.52. The molecule has 0 aromatic heterocycles. The van der Waals surface area contributed by atoms with Gasteiger partial charge in [0, 0.05) is 6.42 Å². The average molecular weight is 451 g/mol. The van der Waals surface area contributed by atoms with Crippen molar-refractivity contribution in [1.82, 2.24) is 0 Å². The first-order valence-corrected chi connectivity index (χ1v) is 12.0. The summed E-state index contributed by atoms with van der Waals surface area (Å²) in [6.07, 6.45) is 1.41. The molecule has 1 heterocycles. The van der Waals surface area contributed by atoms with Crippen molar-refractivity contribution in [3.63, 3.8) is 0 Å². The van der Waals surface area contributed by atoms with Crippen molar-refractivity contribution in [2.45, 2.75) is 95.1 Å². The molecular weight excluding hydrogens is 416 g/mol. The lowest BCUT2D eigenvalue weighted by Gasteiger charge is -2.54. The summed E-state index contributed by atoms with van der Waals surface area (Å²) in [5.74, 6) is 1.04. The minimum atomic E-state index is -1.71. The Hall–Kier alpha value is -1.32. The van der Waals surface area contributed by atoms with Gasteiger partial charge >= 0.3 is 5.97 Å². The molecule has 3 saturated carbocycles. The van der Waals surface area contributed by atoms with Crippen LogP contribution >= 0.6 is 0 Å². The van der Waals surface area contributed by atoms with Crippen LogP contribution in [-0.4, -0.2) is 69.0 Å². The second kappa shape index (κ2) is 8.17. The van der Waals surface area contributed by atoms with Gasteiger partial charge in [-0.05, 0) is 80.1 Å². The number of fused-ring (bicyclic) bond motifs is 5. The Morgan fingerprint density at radius 2 is 1.81 bits per heavy atom. The van der Waals surface area contributed by atoms with E-state index in [4.69, 9.17) is 9.47 Å². The van der Waals surface area contributed by atoms with Gasteiger partial charge in [0.15, 0.2) is 18.2 Å². The normalized spacial score (nSPS) is 50.8. The van der Waals surface area contributed by atoms with Crippen LogP contribution in [0.25, 0.3) is 0 Å². The Morgan fingerprint density at radius 1 is 1.03 bits per heavy atom. The van der Waals surface area contributed by atoms with Crippen LogP contribution in [0.3, 0.4) is 0 Å². The van der Waals surface area contributed by atoms with Gasteiger partial charge in [-0.15, -0.1) is 0 Å². The highest BCUT2D eigenvalue weighted by Gasteiger charge is 2.58. The Bertz CT molecular complexity index is 810. The van der Waals surface area contributed by atoms with E-state index in [9.17, 15) is 30.0 Å². The number of rotatable bonds is 3. The lowest BCUT2D eigenvalue weighted by Crippen LogP contribution is -2.61. The fourth-order valence-electron chi connectivity index (χ4n) is 7.68. The van der Waals surface area contributed by atoms with Crippen LogP contribution in [0.15, 0.2) is 11.6 Å². The fraction of sp³-hybridized carbons (Fsp3) is 0.833. The quantitative estimate of drug-likeness (QED) is 0.507. The Labute approximate surface area is 187 Å². The molecule has 0 aromatic carbocycles. The predicted molar refractivity (Wildman–Crippen MR) is 111 cm³/mol. The highest BCUT2D eigenvalue weighted by molar-refractivity contribution is 5.91. The van der Waals surface area contributed by atoms with Gasteiger partial charge in [0.05, 0.1) is 6.10 Å². The standard InChI is InChI=1S/C24H34O8/c1-24-9-8-14-13-5-3-12(25)10-11(13)2-4-15(14)16(24)6-7-17(24)31-23-20(28)18(26)19(27)21(32-23)22(29)30/h10,13-21,23,26-28H,2-9H2,1H3,(H,29,30)/t13-,14+,15+,16-,17-,18-,19-,20+,21+,23+,24-/m0/s1. The third-order valence-corrected chi connectivity index (χ3v) is 9.32. The van der Waals surface area contributed by atoms with Gasteiger partial charge in [0.1, 0.15) is 18.3 Å². The third kappa shape index (κ3) is 3.46. The zero-order valence-corrected chi connectivity index (χ0v) is 18.4. The molecule has 4 fully saturated rings. The number of carbonyl (C=O) groups excluding carboxylic acids is 1. The fourth-order valence-corrected chi connectivity index (χ4v) is 7.68. The van der Waals surface area contributed by atoms with Crippen molar-refractivity contribution >= 4 is 11.8 Å². The number of carbonyl (C=O) groups is 2. The van der Waals surface area contributed by atoms with Gasteiger partial charge < -0.3 is 29.9 Å². The summed E-state index contributed by atoms with van der Waals surface area (Å²) in [7, 11) is 0. The molecule has 1 saturated heterocycles. The number of aliphatic carboxylic acids is 1. The predicted octanol–water partition coefficient (Wildman–Crippen LogP) is 1.41. The summed E-state index contributed by atoms with van der Waals surface area (Å²) in [6.45, 7) is 2.23. The van der Waals surface area contributed by atoms with E-state index < -0.39 is 36.7 Å². The second-order valence-electron chi connectivity index (χ2n) is 10.8. The number of allylic oxidation sites excluding steroid dienone is 1. The zero-order valence-electron chi connectivity index (χ0n) is 18.4. The second-order valence-corrected chi connectivity index (χ2v) is 10.8. The first-order chi connectivity index (χ1) is 15.2. The summed E-state index contributed by atoms with van der Waals surface area (Å²) in [4.78, 5) is 23.3. The van der Waals surface area contributed by atoms with Gasteiger partial charge in [-0.2, -0.15) is 0 Å². The van der Waals surface area contributed by atoms with E-state index in [0.29, 0.717) is 30.1 Å². The summed E-state index contributed by atoms with van der Waals surface area (Å²) in [5.41, 5.74) is 1.23. The van der Waals surface area contributed by atoms with E-state index in [0.717, 1.165) is 44.9 Å². The third-order valence-electron chi connectivity index (χ3n) is 9.32. The molecule has 0 spiro atoms. The van der Waals surface area contributed by atoms with E-state index in [-0.39, 0.29) is 17.3 Å². The molecule has 1 aliphatic heterocycles. The lowest BCUT2D eigenvalue weighted by molar-refractivity contribution is -0.312. The maximum atomic E-state index is 11.9. The molecule has 8 heteroatoms. The first-order valence-electron chi connectivity index (χ1n) is 12.0. The highest BCUT2D eigenvalue weighted by atomic mass is 16.7. The molecule has 4 N–H and O–H groups in total. The average Bonchev–Trinajstić information content (AvgIpc) is 3.09. The number of hydrogen-bond donors (Lipinski definition) is 4. The van der Waals surface area contributed by atoms with Crippen LogP contribution < -0.4 is 0 Å². The van der Waals surface area contributed by atoms with Gasteiger partial charge in [0.2, 0.25) is 0 Å². The Morgan fingerprint density at radius 3 is 2.56 bits per heavy atom. The van der Waals surface area contributed by atoms with E-state index in [2.05, 4.69) is 6.92 Å². The van der Waals surface area contributed by atoms with E-state index >= 15 is 0 Å². The van der Waals surface area contributed by atoms with Crippen LogP contribution in [0.2, 0.25) is 0 Å². The minimum Gasteiger partial charge on any atom is -0.479 e. The SMILES string of the molecule is C[C@]12CC[C@H]3[C@@H](CCC4=CC(=O)CC[C@@H]43)[C@@H]1CC[C@@H]2O[C@@H]1O[C@@H](C(=O)O)[C@@H](O)[C@H](O)[C@H]1O. The van der Waals surface area contributed by atoms with Crippen molar-refractivity contribution in [1.29, 1.82) is 0 Å². The molecular formula is C24H34O8. The first kappa shape index (κ1) is 22.5. The minimum absolute atomic E-state index is 0.115. The van der Waals surface area contributed by atoms with Crippen molar-refractivity contribution in [2.24, 2.45) is 29.1 Å². The molecule has 32 heavy (non-hydrogen) atoms. The molecule has 5 aliphatic rings. The maximum absolute atomic E-state index is 11.9. The Balaban J connectivity index is 1.31. The van der Waals surface area contributed by atoms with Crippen molar-refractivity contribution in [3.05, 3.63) is 11.6 Å². The Kier molecular flexibility index (Phi) is 5.73. The van der Waals surface area contributed by atoms with Crippen LogP contribution in [0.5, 0.6) is 0 Å². The van der Waals surface area contributed by atoms with E-state index in [1.165, 1.54) is 5.57 Å².